The van der Waals surface area contributed by atoms with E-state index >= 15 is 0 Å². The van der Waals surface area contributed by atoms with Gasteiger partial charge in [-0.3, -0.25) is 0 Å². The van der Waals surface area contributed by atoms with Gasteiger partial charge in [-0.25, -0.2) is 9.55 Å². The predicted octanol–water partition coefficient (Wildman–Crippen LogP) is 2.34. The standard InChI is InChI=1S/C13H10F3N5O/c14-13(15,16)7-22-12-19-8-3-1-2-4-9(8)21(12)10-5-6-18-11(17)20-10/h1-6H,7H2,(H2,17,18,20). The number of halogens is 3. The van der Waals surface area contributed by atoms with Crippen molar-refractivity contribution in [1.29, 1.82) is 0 Å². The molecule has 6 nitrogen and oxygen atoms in total. The number of anilines is 1. The fourth-order valence-electron chi connectivity index (χ4n) is 1.96. The van der Waals surface area contributed by atoms with Gasteiger partial charge in [-0.15, -0.1) is 0 Å². The molecule has 0 spiro atoms. The van der Waals surface area contributed by atoms with E-state index in [0.717, 1.165) is 0 Å². The van der Waals surface area contributed by atoms with Crippen molar-refractivity contribution in [3.63, 3.8) is 0 Å². The summed E-state index contributed by atoms with van der Waals surface area (Å²) in [5.74, 6) is 0.274. The number of nitrogens with zero attached hydrogens (tertiary/aromatic N) is 4. The van der Waals surface area contributed by atoms with Crippen LogP contribution in [0.4, 0.5) is 19.1 Å². The fraction of sp³-hybridized carbons (Fsp3) is 0.154. The third-order valence-electron chi connectivity index (χ3n) is 2.78. The third kappa shape index (κ3) is 2.78. The Kier molecular flexibility index (Phi) is 3.32. The van der Waals surface area contributed by atoms with Gasteiger partial charge in [0.1, 0.15) is 5.82 Å². The number of alkyl halides is 3. The molecule has 2 aromatic heterocycles. The van der Waals surface area contributed by atoms with Gasteiger partial charge in [0.25, 0.3) is 0 Å². The first-order valence-corrected chi connectivity index (χ1v) is 6.20. The molecule has 0 amide bonds. The molecule has 0 fully saturated rings. The van der Waals surface area contributed by atoms with Crippen LogP contribution in [0.3, 0.4) is 0 Å². The van der Waals surface area contributed by atoms with Crippen LogP contribution in [0.15, 0.2) is 36.5 Å². The summed E-state index contributed by atoms with van der Waals surface area (Å²) in [6, 6.07) is 8.11. The molecule has 0 bridgehead atoms. The van der Waals surface area contributed by atoms with Gasteiger partial charge in [0.05, 0.1) is 11.0 Å². The smallest absolute Gasteiger partial charge is 0.422 e. The first-order chi connectivity index (χ1) is 10.4. The van der Waals surface area contributed by atoms with Gasteiger partial charge in [0.2, 0.25) is 5.95 Å². The van der Waals surface area contributed by atoms with Crippen LogP contribution in [-0.4, -0.2) is 32.3 Å². The number of fused-ring (bicyclic) bond motifs is 1. The number of para-hydroxylation sites is 2. The number of rotatable bonds is 3. The van der Waals surface area contributed by atoms with Crippen molar-refractivity contribution >= 4 is 17.0 Å². The van der Waals surface area contributed by atoms with E-state index in [4.69, 9.17) is 10.5 Å². The highest BCUT2D eigenvalue weighted by molar-refractivity contribution is 5.78. The van der Waals surface area contributed by atoms with Gasteiger partial charge < -0.3 is 10.5 Å². The Morgan fingerprint density at radius 1 is 1.14 bits per heavy atom. The molecule has 114 valence electrons. The average molecular weight is 309 g/mol. The van der Waals surface area contributed by atoms with Crippen LogP contribution < -0.4 is 10.5 Å². The minimum atomic E-state index is -4.46. The second-order valence-corrected chi connectivity index (χ2v) is 4.40. The van der Waals surface area contributed by atoms with E-state index in [1.54, 1.807) is 24.3 Å². The van der Waals surface area contributed by atoms with Gasteiger partial charge in [0, 0.05) is 12.3 Å². The summed E-state index contributed by atoms with van der Waals surface area (Å²) in [5.41, 5.74) is 6.56. The molecule has 0 aliphatic carbocycles. The first-order valence-electron chi connectivity index (χ1n) is 6.20. The number of nitrogen functional groups attached to an aromatic ring is 1. The number of imidazole rings is 1. The zero-order valence-corrected chi connectivity index (χ0v) is 11.1. The second-order valence-electron chi connectivity index (χ2n) is 4.40. The van der Waals surface area contributed by atoms with Crippen molar-refractivity contribution in [2.24, 2.45) is 0 Å². The van der Waals surface area contributed by atoms with Crippen molar-refractivity contribution in [3.8, 4) is 11.8 Å². The van der Waals surface area contributed by atoms with E-state index in [0.29, 0.717) is 11.0 Å². The molecule has 0 atom stereocenters. The van der Waals surface area contributed by atoms with Crippen LogP contribution >= 0.6 is 0 Å². The summed E-state index contributed by atoms with van der Waals surface area (Å²) < 4.78 is 43.3. The molecule has 22 heavy (non-hydrogen) atoms. The minimum absolute atomic E-state index is 0.00273. The van der Waals surface area contributed by atoms with Crippen molar-refractivity contribution in [3.05, 3.63) is 36.5 Å². The van der Waals surface area contributed by atoms with Crippen LogP contribution in [-0.2, 0) is 0 Å². The molecule has 3 rings (SSSR count). The topological polar surface area (TPSA) is 78.8 Å². The van der Waals surface area contributed by atoms with E-state index in [9.17, 15) is 13.2 Å². The quantitative estimate of drug-likeness (QED) is 0.803. The Bertz CT molecular complexity index is 815. The molecule has 2 N–H and O–H groups in total. The lowest BCUT2D eigenvalue weighted by atomic mass is 10.3. The molecule has 9 heteroatoms. The molecule has 0 unspecified atom stereocenters. The minimum Gasteiger partial charge on any atom is -0.455 e. The molecular formula is C13H10F3N5O. The number of hydrogen-bond acceptors (Lipinski definition) is 5. The van der Waals surface area contributed by atoms with Crippen LogP contribution in [0, 0.1) is 0 Å². The third-order valence-corrected chi connectivity index (χ3v) is 2.78. The summed E-state index contributed by atoms with van der Waals surface area (Å²) in [5, 5.41) is 0. The van der Waals surface area contributed by atoms with Gasteiger partial charge in [-0.05, 0) is 12.1 Å². The highest BCUT2D eigenvalue weighted by Crippen LogP contribution is 2.26. The zero-order valence-electron chi connectivity index (χ0n) is 11.1. The highest BCUT2D eigenvalue weighted by Gasteiger charge is 2.30. The van der Waals surface area contributed by atoms with Crippen LogP contribution in [0.5, 0.6) is 6.01 Å². The Labute approximate surface area is 122 Å². The van der Waals surface area contributed by atoms with E-state index in [2.05, 4.69) is 15.0 Å². The molecule has 0 saturated carbocycles. The SMILES string of the molecule is Nc1nccc(-n2c(OCC(F)(F)F)nc3ccccc32)n1. The van der Waals surface area contributed by atoms with Gasteiger partial charge in [-0.2, -0.15) is 23.1 Å². The first kappa shape index (κ1) is 14.1. The number of ether oxygens (including phenoxy) is 1. The van der Waals surface area contributed by atoms with Crippen LogP contribution in [0.25, 0.3) is 16.9 Å². The van der Waals surface area contributed by atoms with Gasteiger partial charge >= 0.3 is 12.2 Å². The lowest BCUT2D eigenvalue weighted by molar-refractivity contribution is -0.154. The van der Waals surface area contributed by atoms with Crippen LogP contribution in [0.2, 0.25) is 0 Å². The summed E-state index contributed by atoms with van der Waals surface area (Å²) in [4.78, 5) is 11.8. The molecule has 0 aliphatic rings. The highest BCUT2D eigenvalue weighted by atomic mass is 19.4. The van der Waals surface area contributed by atoms with E-state index in [1.165, 1.54) is 16.8 Å². The Morgan fingerprint density at radius 2 is 1.91 bits per heavy atom. The maximum absolute atomic E-state index is 12.4. The predicted molar refractivity (Wildman–Crippen MR) is 72.6 cm³/mol. The molecule has 0 aliphatic heterocycles. The molecule has 0 saturated heterocycles. The van der Waals surface area contributed by atoms with Crippen molar-refractivity contribution < 1.29 is 17.9 Å². The molecule has 0 radical (unpaired) electrons. The Hall–Kier alpha value is -2.84. The van der Waals surface area contributed by atoms with Gasteiger partial charge in [0.15, 0.2) is 6.61 Å². The van der Waals surface area contributed by atoms with E-state index in [-0.39, 0.29) is 17.8 Å². The van der Waals surface area contributed by atoms with Crippen LogP contribution in [0.1, 0.15) is 0 Å². The number of nitrogens with two attached hydrogens (primary N) is 1. The van der Waals surface area contributed by atoms with Gasteiger partial charge in [-0.1, -0.05) is 12.1 Å². The monoisotopic (exact) mass is 309 g/mol. The number of aromatic nitrogens is 4. The molecular weight excluding hydrogens is 299 g/mol. The molecule has 3 aromatic rings. The normalized spacial score (nSPS) is 11.8. The second kappa shape index (κ2) is 5.17. The van der Waals surface area contributed by atoms with Crippen molar-refractivity contribution in [2.75, 3.05) is 12.3 Å². The van der Waals surface area contributed by atoms with E-state index < -0.39 is 12.8 Å². The van der Waals surface area contributed by atoms with Crippen molar-refractivity contribution in [2.45, 2.75) is 6.18 Å². The lowest BCUT2D eigenvalue weighted by Crippen LogP contribution is -2.20. The largest absolute Gasteiger partial charge is 0.455 e. The summed E-state index contributed by atoms with van der Waals surface area (Å²) >= 11 is 0. The lowest BCUT2D eigenvalue weighted by Gasteiger charge is -2.11. The van der Waals surface area contributed by atoms with Crippen molar-refractivity contribution in [1.82, 2.24) is 19.5 Å². The Balaban J connectivity index is 2.13. The maximum Gasteiger partial charge on any atom is 0.422 e. The fourth-order valence-corrected chi connectivity index (χ4v) is 1.96. The number of hydrogen-bond donors (Lipinski definition) is 1. The average Bonchev–Trinajstić information content (AvgIpc) is 2.83. The molecule has 2 heterocycles. The summed E-state index contributed by atoms with van der Waals surface area (Å²) in [6.45, 7) is -1.45. The maximum atomic E-state index is 12.4. The number of benzene rings is 1. The zero-order chi connectivity index (χ0) is 15.7. The summed E-state index contributed by atoms with van der Waals surface area (Å²) in [7, 11) is 0. The Morgan fingerprint density at radius 3 is 2.64 bits per heavy atom. The molecule has 1 aromatic carbocycles. The van der Waals surface area contributed by atoms with E-state index in [1.807, 2.05) is 0 Å². The summed E-state index contributed by atoms with van der Waals surface area (Å²) in [6.07, 6.45) is -3.06.